The molecule has 246 valence electrons. The van der Waals surface area contributed by atoms with Crippen molar-refractivity contribution in [2.45, 2.75) is 38.6 Å². The number of benzene rings is 5. The minimum Gasteiger partial charge on any atom is -0.491 e. The van der Waals surface area contributed by atoms with Crippen molar-refractivity contribution < 1.29 is 37.9 Å². The molecule has 2 aliphatic rings. The van der Waals surface area contributed by atoms with E-state index >= 15 is 0 Å². The molecule has 0 bridgehead atoms. The van der Waals surface area contributed by atoms with E-state index in [0.717, 1.165) is 70.0 Å². The predicted octanol–water partition coefficient (Wildman–Crippen LogP) is 7.56. The first kappa shape index (κ1) is 31.4. The summed E-state index contributed by atoms with van der Waals surface area (Å²) in [7, 11) is 0. The molecule has 0 amide bonds. The van der Waals surface area contributed by atoms with Gasteiger partial charge in [-0.05, 0) is 95.1 Å². The molecule has 2 fully saturated rings. The molecule has 7 rings (SSSR count). The van der Waals surface area contributed by atoms with Crippen molar-refractivity contribution in [3.05, 3.63) is 144 Å². The van der Waals surface area contributed by atoms with Gasteiger partial charge in [-0.25, -0.2) is 0 Å². The van der Waals surface area contributed by atoms with E-state index in [0.29, 0.717) is 39.6 Å². The average Bonchev–Trinajstić information content (AvgIpc) is 4.08. The third-order valence-corrected chi connectivity index (χ3v) is 7.82. The molecule has 48 heavy (non-hydrogen) atoms. The van der Waals surface area contributed by atoms with Crippen LogP contribution in [0.4, 0.5) is 0 Å². The molecule has 8 heteroatoms. The monoisotopic (exact) mass is 646 g/mol. The lowest BCUT2D eigenvalue weighted by Crippen LogP contribution is -2.03. The second-order valence-electron chi connectivity index (χ2n) is 11.7. The smallest absolute Gasteiger partial charge is 0.120 e. The van der Waals surface area contributed by atoms with Crippen LogP contribution in [0.1, 0.15) is 22.3 Å². The maximum absolute atomic E-state index is 6.00. The highest BCUT2D eigenvalue weighted by molar-refractivity contribution is 5.34. The minimum absolute atomic E-state index is 0.244. The van der Waals surface area contributed by atoms with E-state index in [1.54, 1.807) is 0 Å². The van der Waals surface area contributed by atoms with E-state index in [9.17, 15) is 0 Å². The Bertz CT molecular complexity index is 1560. The van der Waals surface area contributed by atoms with Gasteiger partial charge in [-0.2, -0.15) is 0 Å². The Labute approximate surface area is 280 Å². The van der Waals surface area contributed by atoms with Gasteiger partial charge in [-0.3, -0.25) is 0 Å². The number of rotatable bonds is 18. The van der Waals surface area contributed by atoms with Crippen molar-refractivity contribution in [1.82, 2.24) is 0 Å². The fraction of sp³-hybridized carbons (Fsp3) is 0.250. The van der Waals surface area contributed by atoms with E-state index < -0.39 is 0 Å². The quantitative estimate of drug-likeness (QED) is 0.0903. The van der Waals surface area contributed by atoms with E-state index in [1.165, 1.54) is 0 Å². The molecular formula is C40H38O8. The lowest BCUT2D eigenvalue weighted by Gasteiger charge is -2.11. The molecule has 0 saturated carbocycles. The topological polar surface area (TPSA) is 80.4 Å². The Kier molecular flexibility index (Phi) is 10.2. The molecular weight excluding hydrogens is 608 g/mol. The summed E-state index contributed by atoms with van der Waals surface area (Å²) >= 11 is 0. The lowest BCUT2D eigenvalue weighted by atomic mass is 10.1. The third-order valence-electron chi connectivity index (χ3n) is 7.82. The Balaban J connectivity index is 0.788. The lowest BCUT2D eigenvalue weighted by molar-refractivity contribution is 0.262. The first-order chi connectivity index (χ1) is 23.7. The van der Waals surface area contributed by atoms with Crippen LogP contribution in [-0.4, -0.2) is 38.6 Å². The molecule has 2 aliphatic heterocycles. The molecule has 5 aromatic rings. The minimum atomic E-state index is 0.244. The molecule has 2 unspecified atom stereocenters. The van der Waals surface area contributed by atoms with Crippen LogP contribution in [0, 0.1) is 0 Å². The van der Waals surface area contributed by atoms with Crippen LogP contribution in [-0.2, 0) is 35.9 Å². The standard InChI is InChI=1S/C40H38O8/c1-5-31(23-43-35-13-17-37(18-14-35)45-25-39-27-47-39)6-2-29(1)21-41-33-9-11-34(12-10-33)42-22-30-3-7-32(8-4-30)24-44-36-15-19-38(20-16-36)46-26-40-28-48-40/h1-20,39-40H,21-28H2. The van der Waals surface area contributed by atoms with Crippen LogP contribution in [0.25, 0.3) is 0 Å². The molecule has 0 spiro atoms. The van der Waals surface area contributed by atoms with E-state index in [2.05, 4.69) is 48.5 Å². The fourth-order valence-electron chi connectivity index (χ4n) is 4.73. The third kappa shape index (κ3) is 9.91. The summed E-state index contributed by atoms with van der Waals surface area (Å²) in [4.78, 5) is 0. The van der Waals surface area contributed by atoms with Gasteiger partial charge in [0.15, 0.2) is 0 Å². The number of epoxide rings is 2. The maximum Gasteiger partial charge on any atom is 0.120 e. The summed E-state index contributed by atoms with van der Waals surface area (Å²) in [5, 5.41) is 0. The van der Waals surface area contributed by atoms with Crippen LogP contribution in [0.2, 0.25) is 0 Å². The molecule has 2 atom stereocenters. The van der Waals surface area contributed by atoms with E-state index in [-0.39, 0.29) is 12.2 Å². The first-order valence-corrected chi connectivity index (χ1v) is 16.2. The molecule has 2 saturated heterocycles. The Morgan fingerprint density at radius 1 is 0.333 bits per heavy atom. The zero-order valence-corrected chi connectivity index (χ0v) is 26.6. The SMILES string of the molecule is c1cc(COc2ccc(OCC3CO3)cc2)ccc1COc1ccc(OCc2ccc(COc3ccc(OCC4CO4)cc3)cc2)cc1. The summed E-state index contributed by atoms with van der Waals surface area (Å²) in [6.07, 6.45) is 0.487. The zero-order chi connectivity index (χ0) is 32.4. The summed E-state index contributed by atoms with van der Waals surface area (Å²) in [6.45, 7) is 4.68. The van der Waals surface area contributed by atoms with Crippen molar-refractivity contribution in [2.24, 2.45) is 0 Å². The highest BCUT2D eigenvalue weighted by Gasteiger charge is 2.23. The second kappa shape index (κ2) is 15.6. The highest BCUT2D eigenvalue weighted by atomic mass is 16.6. The molecule has 2 heterocycles. The van der Waals surface area contributed by atoms with Gasteiger partial charge in [0.1, 0.15) is 86.3 Å². The van der Waals surface area contributed by atoms with Crippen LogP contribution in [0.3, 0.4) is 0 Å². The summed E-state index contributed by atoms with van der Waals surface area (Å²) in [6, 6.07) is 39.5. The highest BCUT2D eigenvalue weighted by Crippen LogP contribution is 2.23. The number of hydrogen-bond donors (Lipinski definition) is 0. The van der Waals surface area contributed by atoms with Crippen LogP contribution < -0.4 is 28.4 Å². The predicted molar refractivity (Wildman–Crippen MR) is 180 cm³/mol. The first-order valence-electron chi connectivity index (χ1n) is 16.2. The van der Waals surface area contributed by atoms with Crippen LogP contribution in [0.5, 0.6) is 34.5 Å². The van der Waals surface area contributed by atoms with Gasteiger partial charge < -0.3 is 37.9 Å². The van der Waals surface area contributed by atoms with E-state index in [1.807, 2.05) is 72.8 Å². The van der Waals surface area contributed by atoms with Gasteiger partial charge in [0.2, 0.25) is 0 Å². The van der Waals surface area contributed by atoms with Crippen molar-refractivity contribution >= 4 is 0 Å². The Morgan fingerprint density at radius 3 is 0.750 bits per heavy atom. The fourth-order valence-corrected chi connectivity index (χ4v) is 4.73. The number of ether oxygens (including phenoxy) is 8. The summed E-state index contributed by atoms with van der Waals surface area (Å²) < 4.78 is 45.5. The zero-order valence-electron chi connectivity index (χ0n) is 26.6. The van der Waals surface area contributed by atoms with Gasteiger partial charge in [-0.1, -0.05) is 48.5 Å². The van der Waals surface area contributed by atoms with Crippen molar-refractivity contribution in [3.63, 3.8) is 0 Å². The van der Waals surface area contributed by atoms with Crippen LogP contribution in [0.15, 0.2) is 121 Å². The van der Waals surface area contributed by atoms with Crippen molar-refractivity contribution in [3.8, 4) is 34.5 Å². The largest absolute Gasteiger partial charge is 0.491 e. The summed E-state index contributed by atoms with van der Waals surface area (Å²) in [5.74, 6) is 4.80. The van der Waals surface area contributed by atoms with Crippen molar-refractivity contribution in [1.29, 1.82) is 0 Å². The van der Waals surface area contributed by atoms with Gasteiger partial charge in [0, 0.05) is 0 Å². The molecule has 0 aromatic heterocycles. The van der Waals surface area contributed by atoms with Gasteiger partial charge >= 0.3 is 0 Å². The molecule has 0 aliphatic carbocycles. The molecule has 8 nitrogen and oxygen atoms in total. The van der Waals surface area contributed by atoms with Crippen molar-refractivity contribution in [2.75, 3.05) is 26.4 Å². The average molecular weight is 647 g/mol. The maximum atomic E-state index is 6.00. The van der Waals surface area contributed by atoms with Gasteiger partial charge in [0.25, 0.3) is 0 Å². The normalized spacial score (nSPS) is 16.1. The Hall–Kier alpha value is -5.18. The molecule has 5 aromatic carbocycles. The van der Waals surface area contributed by atoms with E-state index in [4.69, 9.17) is 37.9 Å². The number of hydrogen-bond acceptors (Lipinski definition) is 8. The Morgan fingerprint density at radius 2 is 0.542 bits per heavy atom. The summed E-state index contributed by atoms with van der Waals surface area (Å²) in [5.41, 5.74) is 4.33. The molecule has 0 radical (unpaired) electrons. The van der Waals surface area contributed by atoms with Crippen LogP contribution >= 0.6 is 0 Å². The molecule has 0 N–H and O–H groups in total. The van der Waals surface area contributed by atoms with Gasteiger partial charge in [0.05, 0.1) is 13.2 Å². The second-order valence-corrected chi connectivity index (χ2v) is 11.7. The van der Waals surface area contributed by atoms with Gasteiger partial charge in [-0.15, -0.1) is 0 Å².